The summed E-state index contributed by atoms with van der Waals surface area (Å²) in [5.74, 6) is -19.8. The van der Waals surface area contributed by atoms with E-state index in [1.54, 1.807) is 34.8 Å². The Hall–Kier alpha value is -4.84. The molecule has 0 aliphatic heterocycles. The molecule has 0 saturated heterocycles. The van der Waals surface area contributed by atoms with E-state index in [9.17, 15) is 43.9 Å². The highest BCUT2D eigenvalue weighted by atomic mass is 32.1. The Morgan fingerprint density at radius 1 is 0.259 bits per heavy atom. The van der Waals surface area contributed by atoms with Crippen LogP contribution < -0.4 is 0 Å². The molecule has 6 aromatic heterocycles. The fourth-order valence-electron chi connectivity index (χ4n) is 6.67. The van der Waals surface area contributed by atoms with Crippen molar-refractivity contribution in [3.05, 3.63) is 143 Å². The Morgan fingerprint density at radius 3 is 0.879 bits per heavy atom. The van der Waals surface area contributed by atoms with Gasteiger partial charge in [0.15, 0.2) is 46.5 Å². The lowest BCUT2D eigenvalue weighted by atomic mass is 10.1. The molecule has 0 amide bonds. The molecule has 0 atom stereocenters. The van der Waals surface area contributed by atoms with Crippen molar-refractivity contribution in [3.8, 4) is 61.3 Å². The number of halogens is 10. The molecule has 16 heteroatoms. The third-order valence-electron chi connectivity index (χ3n) is 9.47. The first-order valence-electron chi connectivity index (χ1n) is 16.7. The van der Waals surface area contributed by atoms with Gasteiger partial charge < -0.3 is 0 Å². The summed E-state index contributed by atoms with van der Waals surface area (Å²) in [5.41, 5.74) is 0.00879. The molecule has 0 aliphatic rings. The van der Waals surface area contributed by atoms with Gasteiger partial charge in [-0.3, -0.25) is 0 Å². The van der Waals surface area contributed by atoms with Crippen molar-refractivity contribution >= 4 is 97.6 Å². The Kier molecular flexibility index (Phi) is 8.96. The van der Waals surface area contributed by atoms with Crippen LogP contribution in [0.4, 0.5) is 43.9 Å². The van der Waals surface area contributed by atoms with Gasteiger partial charge in [0.1, 0.15) is 0 Å². The Balaban J connectivity index is 0.914. The maximum Gasteiger partial charge on any atom is 0.200 e. The molecule has 10 aromatic rings. The minimum absolute atomic E-state index is 0.0780. The van der Waals surface area contributed by atoms with Gasteiger partial charge in [-0.05, 0) is 71.8 Å². The molecular weight excluding hydrogens is 887 g/mol. The number of rotatable bonds is 6. The summed E-state index contributed by atoms with van der Waals surface area (Å²) in [6, 6.07) is 25.8. The van der Waals surface area contributed by atoms with Crippen LogP contribution in [0.5, 0.6) is 0 Å². The van der Waals surface area contributed by atoms with Gasteiger partial charge in [0.2, 0.25) is 11.6 Å². The predicted octanol–water partition coefficient (Wildman–Crippen LogP) is 16.9. The van der Waals surface area contributed by atoms with Gasteiger partial charge in [-0.15, -0.1) is 68.0 Å². The Morgan fingerprint density at radius 2 is 0.534 bits per heavy atom. The quantitative estimate of drug-likeness (QED) is 0.0886. The highest BCUT2D eigenvalue weighted by Gasteiger charge is 2.29. The van der Waals surface area contributed by atoms with Crippen LogP contribution in [0.1, 0.15) is 0 Å². The predicted molar refractivity (Wildman–Crippen MR) is 218 cm³/mol. The van der Waals surface area contributed by atoms with Crippen LogP contribution >= 0.6 is 68.0 Å². The number of benzene rings is 4. The molecular formula is C42H14F10S6. The average Bonchev–Trinajstić information content (AvgIpc) is 4.08. The van der Waals surface area contributed by atoms with Gasteiger partial charge in [-0.1, -0.05) is 24.3 Å². The Labute approximate surface area is 343 Å². The molecule has 0 aliphatic carbocycles. The first kappa shape index (κ1) is 37.4. The van der Waals surface area contributed by atoms with Crippen molar-refractivity contribution in [2.75, 3.05) is 0 Å². The third kappa shape index (κ3) is 5.79. The van der Waals surface area contributed by atoms with E-state index in [1.165, 1.54) is 34.8 Å². The summed E-state index contributed by atoms with van der Waals surface area (Å²) in [5, 5.41) is 2.18. The Bertz CT molecular complexity index is 3040. The number of hydrogen-bond donors (Lipinski definition) is 0. The van der Waals surface area contributed by atoms with Gasteiger partial charge in [0.05, 0.1) is 20.5 Å². The standard InChI is InChI=1S/C42H14F10S6/c43-31-29(32(44)36(48)39(51)35(31)47)25-11-9-23(55-25)21-7-5-19(53-21)15-1-3-17-27(13-15)57-42-18-4-2-16(14-28(18)58-41(17)42)20-6-8-22(54-20)24-10-12-26(56-24)30-33(45)37(49)40(52)38(50)34(30)46/h1-14H. The van der Waals surface area contributed by atoms with Crippen LogP contribution in [0.3, 0.4) is 0 Å². The summed E-state index contributed by atoms with van der Waals surface area (Å²) < 4.78 is 145. The zero-order valence-corrected chi connectivity index (χ0v) is 33.2. The zero-order chi connectivity index (χ0) is 40.3. The number of thiophene rings is 6. The molecule has 0 fully saturated rings. The first-order valence-corrected chi connectivity index (χ1v) is 21.6. The van der Waals surface area contributed by atoms with Crippen LogP contribution in [-0.4, -0.2) is 0 Å². The van der Waals surface area contributed by atoms with E-state index in [4.69, 9.17) is 0 Å². The van der Waals surface area contributed by atoms with E-state index >= 15 is 0 Å². The van der Waals surface area contributed by atoms with Crippen LogP contribution in [0.15, 0.2) is 84.9 Å². The molecule has 0 radical (unpaired) electrons. The van der Waals surface area contributed by atoms with Gasteiger partial charge in [0.25, 0.3) is 0 Å². The number of fused-ring (bicyclic) bond motifs is 5. The lowest BCUT2D eigenvalue weighted by Crippen LogP contribution is -2.03. The highest BCUT2D eigenvalue weighted by Crippen LogP contribution is 2.49. The maximum absolute atomic E-state index is 14.5. The SMILES string of the molecule is Fc1c(F)c(F)c(-c2ccc(-c3ccc(-c4ccc5c(c4)sc4c6ccc(-c7ccc(-c8ccc(-c9c(F)c(F)c(F)c(F)c9F)s8)s7)cc6sc54)s3)s2)c(F)c1F. The molecule has 0 N–H and O–H groups in total. The summed E-state index contributed by atoms with van der Waals surface area (Å²) in [7, 11) is 0. The second kappa shape index (κ2) is 13.9. The molecule has 0 bridgehead atoms. The first-order chi connectivity index (χ1) is 27.9. The third-order valence-corrected chi connectivity index (χ3v) is 16.8. The molecule has 288 valence electrons. The molecule has 58 heavy (non-hydrogen) atoms. The lowest BCUT2D eigenvalue weighted by molar-refractivity contribution is 0.381. The van der Waals surface area contributed by atoms with Crippen LogP contribution in [0.2, 0.25) is 0 Å². The second-order valence-electron chi connectivity index (χ2n) is 12.8. The van der Waals surface area contributed by atoms with Gasteiger partial charge in [-0.25, -0.2) is 43.9 Å². The van der Waals surface area contributed by atoms with E-state index in [0.717, 1.165) is 82.9 Å². The van der Waals surface area contributed by atoms with Gasteiger partial charge >= 0.3 is 0 Å². The summed E-state index contributed by atoms with van der Waals surface area (Å²) in [4.78, 5) is 4.48. The second-order valence-corrected chi connectivity index (χ2v) is 19.3. The maximum atomic E-state index is 14.5. The minimum Gasteiger partial charge on any atom is -0.203 e. The molecule has 6 heterocycles. The zero-order valence-electron chi connectivity index (χ0n) is 28.3. The largest absolute Gasteiger partial charge is 0.203 e. The molecule has 0 unspecified atom stereocenters. The van der Waals surface area contributed by atoms with Crippen molar-refractivity contribution in [2.45, 2.75) is 0 Å². The smallest absolute Gasteiger partial charge is 0.200 e. The van der Waals surface area contributed by atoms with Crippen molar-refractivity contribution in [1.82, 2.24) is 0 Å². The average molecular weight is 901 g/mol. The summed E-state index contributed by atoms with van der Waals surface area (Å²) in [6.45, 7) is 0. The minimum atomic E-state index is -2.20. The topological polar surface area (TPSA) is 0 Å². The van der Waals surface area contributed by atoms with E-state index in [-0.39, 0.29) is 9.75 Å². The van der Waals surface area contributed by atoms with Crippen molar-refractivity contribution in [1.29, 1.82) is 0 Å². The highest BCUT2D eigenvalue weighted by molar-refractivity contribution is 7.36. The van der Waals surface area contributed by atoms with Crippen molar-refractivity contribution in [2.24, 2.45) is 0 Å². The van der Waals surface area contributed by atoms with Crippen LogP contribution in [0.25, 0.3) is 90.8 Å². The van der Waals surface area contributed by atoms with Crippen molar-refractivity contribution < 1.29 is 43.9 Å². The molecule has 4 aromatic carbocycles. The normalized spacial score (nSPS) is 12.0. The van der Waals surface area contributed by atoms with E-state index in [0.29, 0.717) is 9.75 Å². The van der Waals surface area contributed by atoms with Gasteiger partial charge in [-0.2, -0.15) is 0 Å². The fourth-order valence-corrected chi connectivity index (χ4v) is 13.7. The molecule has 0 saturated carbocycles. The van der Waals surface area contributed by atoms with E-state index in [1.807, 2.05) is 36.4 Å². The van der Waals surface area contributed by atoms with E-state index < -0.39 is 69.3 Å². The van der Waals surface area contributed by atoms with E-state index in [2.05, 4.69) is 24.3 Å². The van der Waals surface area contributed by atoms with Crippen molar-refractivity contribution in [3.63, 3.8) is 0 Å². The van der Waals surface area contributed by atoms with Gasteiger partial charge in [0, 0.05) is 59.2 Å². The summed E-state index contributed by atoms with van der Waals surface area (Å²) in [6.07, 6.45) is 0. The monoisotopic (exact) mass is 900 g/mol. The van der Waals surface area contributed by atoms with Crippen LogP contribution in [-0.2, 0) is 0 Å². The molecule has 10 rings (SSSR count). The lowest BCUT2D eigenvalue weighted by Gasteiger charge is -2.06. The van der Waals surface area contributed by atoms with Crippen LogP contribution in [0, 0.1) is 58.2 Å². The number of hydrogen-bond acceptors (Lipinski definition) is 6. The molecule has 0 spiro atoms. The molecule has 0 nitrogen and oxygen atoms in total. The summed E-state index contributed by atoms with van der Waals surface area (Å²) >= 11 is 8.08. The fraction of sp³-hybridized carbons (Fsp3) is 0.